The number of aliphatic imine (C=N–C) groups is 1. The molecule has 3 aromatic rings. The summed E-state index contributed by atoms with van der Waals surface area (Å²) in [4.78, 5) is 19.5. The molecular formula is C23H18Cl2N2O2. The van der Waals surface area contributed by atoms with E-state index in [9.17, 15) is 9.90 Å². The van der Waals surface area contributed by atoms with E-state index in [4.69, 9.17) is 28.2 Å². The van der Waals surface area contributed by atoms with E-state index in [-0.39, 0.29) is 5.91 Å². The van der Waals surface area contributed by atoms with Crippen LogP contribution >= 0.6 is 23.2 Å². The molecule has 2 atom stereocenters. The monoisotopic (exact) mass is 424 g/mol. The molecule has 146 valence electrons. The van der Waals surface area contributed by atoms with Crippen LogP contribution in [0.4, 0.5) is 5.69 Å². The van der Waals surface area contributed by atoms with Crippen LogP contribution in [-0.2, 0) is 4.79 Å². The Labute approximate surface area is 179 Å². The molecule has 0 saturated carbocycles. The van der Waals surface area contributed by atoms with Crippen molar-refractivity contribution in [1.82, 2.24) is 0 Å². The highest BCUT2D eigenvalue weighted by Crippen LogP contribution is 2.33. The molecular weight excluding hydrogens is 407 g/mol. The average molecular weight is 425 g/mol. The first-order valence-electron chi connectivity index (χ1n) is 9.10. The minimum absolute atomic E-state index is 0.304. The highest BCUT2D eigenvalue weighted by atomic mass is 35.5. The Bertz CT molecular complexity index is 1080. The average Bonchev–Trinajstić information content (AvgIpc) is 2.84. The van der Waals surface area contributed by atoms with Gasteiger partial charge in [-0.1, -0.05) is 65.7 Å². The van der Waals surface area contributed by atoms with E-state index in [0.29, 0.717) is 27.0 Å². The maximum Gasteiger partial charge on any atom is 0.254 e. The van der Waals surface area contributed by atoms with Gasteiger partial charge in [-0.15, -0.1) is 0 Å². The molecule has 0 aliphatic carbocycles. The SMILES string of the molecule is CN1C(=O)[C@@H]([C@@H](O)c2ccc(Cl)cc2)N=C(c2ccccc2)c2cc(Cl)ccc21. The first-order chi connectivity index (χ1) is 14.0. The summed E-state index contributed by atoms with van der Waals surface area (Å²) < 4.78 is 0. The van der Waals surface area contributed by atoms with Gasteiger partial charge in [0.2, 0.25) is 0 Å². The summed E-state index contributed by atoms with van der Waals surface area (Å²) in [5, 5.41) is 12.1. The Morgan fingerprint density at radius 2 is 1.62 bits per heavy atom. The van der Waals surface area contributed by atoms with Crippen molar-refractivity contribution in [3.05, 3.63) is 99.5 Å². The number of carbonyl (C=O) groups is 1. The van der Waals surface area contributed by atoms with Gasteiger partial charge in [-0.05, 0) is 35.9 Å². The van der Waals surface area contributed by atoms with Crippen molar-refractivity contribution in [2.75, 3.05) is 11.9 Å². The lowest BCUT2D eigenvalue weighted by molar-refractivity contribution is -0.121. The third-order valence-electron chi connectivity index (χ3n) is 4.98. The van der Waals surface area contributed by atoms with Crippen LogP contribution in [0.3, 0.4) is 0 Å². The van der Waals surface area contributed by atoms with Crippen molar-refractivity contribution >= 4 is 40.5 Å². The minimum Gasteiger partial charge on any atom is -0.386 e. The zero-order chi connectivity index (χ0) is 20.5. The van der Waals surface area contributed by atoms with Crippen molar-refractivity contribution in [1.29, 1.82) is 0 Å². The molecule has 1 amide bonds. The number of hydrogen-bond acceptors (Lipinski definition) is 3. The van der Waals surface area contributed by atoms with Crippen LogP contribution in [0.15, 0.2) is 77.8 Å². The van der Waals surface area contributed by atoms with Gasteiger partial charge in [0.1, 0.15) is 6.10 Å². The summed E-state index contributed by atoms with van der Waals surface area (Å²) in [6, 6.07) is 20.7. The lowest BCUT2D eigenvalue weighted by atomic mass is 9.99. The Morgan fingerprint density at radius 3 is 2.31 bits per heavy atom. The maximum atomic E-state index is 13.3. The van der Waals surface area contributed by atoms with E-state index in [1.165, 1.54) is 4.90 Å². The predicted octanol–water partition coefficient (Wildman–Crippen LogP) is 4.91. The number of nitrogens with zero attached hydrogens (tertiary/aromatic N) is 2. The summed E-state index contributed by atoms with van der Waals surface area (Å²) in [6.07, 6.45) is -1.12. The van der Waals surface area contributed by atoms with E-state index < -0.39 is 12.1 Å². The van der Waals surface area contributed by atoms with Gasteiger partial charge < -0.3 is 10.0 Å². The molecule has 4 rings (SSSR count). The van der Waals surface area contributed by atoms with Crippen molar-refractivity contribution in [3.8, 4) is 0 Å². The van der Waals surface area contributed by atoms with Crippen LogP contribution < -0.4 is 4.90 Å². The second-order valence-electron chi connectivity index (χ2n) is 6.84. The molecule has 0 saturated heterocycles. The Balaban J connectivity index is 1.89. The maximum absolute atomic E-state index is 13.3. The molecule has 0 spiro atoms. The summed E-state index contributed by atoms with van der Waals surface area (Å²) in [5.74, 6) is -0.304. The van der Waals surface area contributed by atoms with E-state index in [1.54, 1.807) is 49.5 Å². The van der Waals surface area contributed by atoms with E-state index in [0.717, 1.165) is 11.1 Å². The van der Waals surface area contributed by atoms with Crippen molar-refractivity contribution in [2.24, 2.45) is 4.99 Å². The highest BCUT2D eigenvalue weighted by Gasteiger charge is 2.35. The number of halogens is 2. The van der Waals surface area contributed by atoms with Gasteiger partial charge in [-0.3, -0.25) is 9.79 Å². The smallest absolute Gasteiger partial charge is 0.254 e. The largest absolute Gasteiger partial charge is 0.386 e. The van der Waals surface area contributed by atoms with E-state index in [1.807, 2.05) is 30.3 Å². The third-order valence-corrected chi connectivity index (χ3v) is 5.47. The fourth-order valence-electron chi connectivity index (χ4n) is 3.45. The number of amides is 1. The van der Waals surface area contributed by atoms with Crippen LogP contribution in [0.25, 0.3) is 0 Å². The van der Waals surface area contributed by atoms with Gasteiger partial charge in [-0.2, -0.15) is 0 Å². The molecule has 1 aliphatic rings. The lowest BCUT2D eigenvalue weighted by Gasteiger charge is -2.23. The predicted molar refractivity (Wildman–Crippen MR) is 117 cm³/mol. The summed E-state index contributed by atoms with van der Waals surface area (Å²) in [5.41, 5.74) is 3.45. The number of anilines is 1. The van der Waals surface area contributed by atoms with Gasteiger partial charge in [0.05, 0.1) is 11.4 Å². The minimum atomic E-state index is -1.12. The highest BCUT2D eigenvalue weighted by molar-refractivity contribution is 6.32. The van der Waals surface area contributed by atoms with Crippen molar-refractivity contribution in [3.63, 3.8) is 0 Å². The summed E-state index contributed by atoms with van der Waals surface area (Å²) in [7, 11) is 1.68. The van der Waals surface area contributed by atoms with Gasteiger partial charge in [0, 0.05) is 28.2 Å². The second-order valence-corrected chi connectivity index (χ2v) is 7.72. The topological polar surface area (TPSA) is 52.9 Å². The molecule has 0 aromatic heterocycles. The summed E-state index contributed by atoms with van der Waals surface area (Å²) >= 11 is 12.2. The van der Waals surface area contributed by atoms with Gasteiger partial charge in [0.15, 0.2) is 6.04 Å². The Morgan fingerprint density at radius 1 is 0.966 bits per heavy atom. The van der Waals surface area contributed by atoms with Gasteiger partial charge in [-0.25, -0.2) is 0 Å². The molecule has 0 bridgehead atoms. The molecule has 1 aliphatic heterocycles. The number of likely N-dealkylation sites (N-methyl/N-ethyl adjacent to an activating group) is 1. The Hall–Kier alpha value is -2.66. The molecule has 1 N–H and O–H groups in total. The molecule has 4 nitrogen and oxygen atoms in total. The number of fused-ring (bicyclic) bond motifs is 1. The van der Waals surface area contributed by atoms with Crippen molar-refractivity contribution in [2.45, 2.75) is 12.1 Å². The Kier molecular flexibility index (Phi) is 5.41. The standard InChI is InChI=1S/C23H18Cl2N2O2/c1-27-19-12-11-17(25)13-18(19)20(14-5-3-2-4-6-14)26-21(23(27)29)22(28)15-7-9-16(24)10-8-15/h2-13,21-22,28H,1H3/t21-,22+/m1/s1. The molecule has 0 unspecified atom stereocenters. The zero-order valence-corrected chi connectivity index (χ0v) is 17.1. The first kappa shape index (κ1) is 19.6. The molecule has 3 aromatic carbocycles. The van der Waals surface area contributed by atoms with E-state index >= 15 is 0 Å². The van der Waals surface area contributed by atoms with Crippen molar-refractivity contribution < 1.29 is 9.90 Å². The molecule has 0 fully saturated rings. The fraction of sp³-hybridized carbons (Fsp3) is 0.130. The number of benzene rings is 3. The quantitative estimate of drug-likeness (QED) is 0.649. The normalized spacial score (nSPS) is 17.4. The number of hydrogen-bond donors (Lipinski definition) is 1. The van der Waals surface area contributed by atoms with Crippen LogP contribution in [0.1, 0.15) is 22.8 Å². The van der Waals surface area contributed by atoms with Gasteiger partial charge in [0.25, 0.3) is 5.91 Å². The van der Waals surface area contributed by atoms with Crippen LogP contribution in [0.2, 0.25) is 10.0 Å². The number of aliphatic hydroxyl groups excluding tert-OH is 1. The summed E-state index contributed by atoms with van der Waals surface area (Å²) in [6.45, 7) is 0. The molecule has 0 radical (unpaired) electrons. The number of carbonyl (C=O) groups excluding carboxylic acids is 1. The molecule has 6 heteroatoms. The number of rotatable bonds is 3. The third kappa shape index (κ3) is 3.79. The molecule has 1 heterocycles. The van der Waals surface area contributed by atoms with Crippen LogP contribution in [0.5, 0.6) is 0 Å². The van der Waals surface area contributed by atoms with E-state index in [2.05, 4.69) is 0 Å². The second kappa shape index (κ2) is 7.99. The lowest BCUT2D eigenvalue weighted by Crippen LogP contribution is -2.38. The van der Waals surface area contributed by atoms with Gasteiger partial charge >= 0.3 is 0 Å². The first-order valence-corrected chi connectivity index (χ1v) is 9.85. The fourth-order valence-corrected chi connectivity index (χ4v) is 3.74. The zero-order valence-electron chi connectivity index (χ0n) is 15.6. The number of aliphatic hydroxyl groups is 1. The molecule has 29 heavy (non-hydrogen) atoms. The van der Waals surface area contributed by atoms with Crippen LogP contribution in [0, 0.1) is 0 Å². The van der Waals surface area contributed by atoms with Crippen LogP contribution in [-0.4, -0.2) is 29.8 Å². The number of benzodiazepines with no additional fused rings is 1.